The normalized spacial score (nSPS) is 45.2. The van der Waals surface area contributed by atoms with E-state index in [-0.39, 0.29) is 12.3 Å². The van der Waals surface area contributed by atoms with Crippen LogP contribution in [0.3, 0.4) is 0 Å². The third-order valence-electron chi connectivity index (χ3n) is 10.5. The molecule has 4 aliphatic carbocycles. The third-order valence-corrected chi connectivity index (χ3v) is 10.5. The Kier molecular flexibility index (Phi) is 6.25. The number of nitrogens with one attached hydrogen (secondary N) is 1. The first-order valence-corrected chi connectivity index (χ1v) is 12.8. The van der Waals surface area contributed by atoms with Gasteiger partial charge >= 0.3 is 5.97 Å². The standard InChI is InChI=1S/C26H43NO3/c1-4-17-9-11-21-20-10-8-18-16-19(27-23(28)6-5-7-24(29)30)12-14-26(18,3)22(20)13-15-25(17,21)2/h17-22H,4-16H2,1-3H3,(H,27,28)(H,29,30)/t17-,18+,19-,20?,21?,22?,25+,26-/m0/s1. The van der Waals surface area contributed by atoms with Crippen LogP contribution in [0.5, 0.6) is 0 Å². The lowest BCUT2D eigenvalue weighted by Crippen LogP contribution is -2.55. The minimum atomic E-state index is -0.816. The molecule has 0 aromatic heterocycles. The first-order valence-electron chi connectivity index (χ1n) is 12.8. The van der Waals surface area contributed by atoms with Gasteiger partial charge in [0.15, 0.2) is 0 Å². The van der Waals surface area contributed by atoms with Gasteiger partial charge in [0, 0.05) is 18.9 Å². The van der Waals surface area contributed by atoms with Crippen LogP contribution in [0, 0.1) is 40.4 Å². The summed E-state index contributed by atoms with van der Waals surface area (Å²) in [5.41, 5.74) is 1.05. The van der Waals surface area contributed by atoms with Crippen LogP contribution in [0.1, 0.15) is 104 Å². The smallest absolute Gasteiger partial charge is 0.303 e. The van der Waals surface area contributed by atoms with Crippen molar-refractivity contribution in [1.29, 1.82) is 0 Å². The van der Waals surface area contributed by atoms with Gasteiger partial charge in [0.2, 0.25) is 5.91 Å². The molecule has 3 unspecified atom stereocenters. The molecule has 0 aromatic carbocycles. The molecular weight excluding hydrogens is 374 g/mol. The predicted molar refractivity (Wildman–Crippen MR) is 119 cm³/mol. The maximum Gasteiger partial charge on any atom is 0.303 e. The molecule has 0 saturated heterocycles. The number of rotatable bonds is 6. The molecule has 4 fully saturated rings. The van der Waals surface area contributed by atoms with E-state index < -0.39 is 5.97 Å². The van der Waals surface area contributed by atoms with Crippen LogP contribution >= 0.6 is 0 Å². The zero-order chi connectivity index (χ0) is 21.5. The topological polar surface area (TPSA) is 66.4 Å². The third kappa shape index (κ3) is 3.81. The number of fused-ring (bicyclic) bond motifs is 5. The van der Waals surface area contributed by atoms with Crippen LogP contribution in [-0.4, -0.2) is 23.0 Å². The van der Waals surface area contributed by atoms with Gasteiger partial charge in [-0.15, -0.1) is 0 Å². The Hall–Kier alpha value is -1.06. The second-order valence-electron chi connectivity index (χ2n) is 11.7. The van der Waals surface area contributed by atoms with Gasteiger partial charge in [-0.05, 0) is 105 Å². The van der Waals surface area contributed by atoms with Gasteiger partial charge < -0.3 is 10.4 Å². The minimum Gasteiger partial charge on any atom is -0.481 e. The fourth-order valence-corrected chi connectivity index (χ4v) is 8.87. The summed E-state index contributed by atoms with van der Waals surface area (Å²) in [4.78, 5) is 22.9. The molecule has 4 heteroatoms. The van der Waals surface area contributed by atoms with Gasteiger partial charge in [0.25, 0.3) is 0 Å². The van der Waals surface area contributed by atoms with Crippen molar-refractivity contribution >= 4 is 11.9 Å². The monoisotopic (exact) mass is 417 g/mol. The van der Waals surface area contributed by atoms with Crippen LogP contribution in [0.25, 0.3) is 0 Å². The van der Waals surface area contributed by atoms with E-state index in [1.54, 1.807) is 0 Å². The van der Waals surface area contributed by atoms with E-state index in [9.17, 15) is 9.59 Å². The summed E-state index contributed by atoms with van der Waals surface area (Å²) in [5, 5.41) is 12.0. The van der Waals surface area contributed by atoms with Crippen molar-refractivity contribution in [2.75, 3.05) is 0 Å². The molecule has 0 aromatic rings. The molecule has 30 heavy (non-hydrogen) atoms. The van der Waals surface area contributed by atoms with Crippen LogP contribution < -0.4 is 5.32 Å². The number of aliphatic carboxylic acids is 1. The van der Waals surface area contributed by atoms with Crippen molar-refractivity contribution < 1.29 is 14.7 Å². The minimum absolute atomic E-state index is 0.0449. The summed E-state index contributed by atoms with van der Waals surface area (Å²) in [6, 6.07) is 0.293. The first-order chi connectivity index (χ1) is 14.3. The van der Waals surface area contributed by atoms with Gasteiger partial charge in [-0.3, -0.25) is 9.59 Å². The number of carbonyl (C=O) groups excluding carboxylic acids is 1. The second-order valence-corrected chi connectivity index (χ2v) is 11.7. The fraction of sp³-hybridized carbons (Fsp3) is 0.923. The Morgan fingerprint density at radius 1 is 0.933 bits per heavy atom. The van der Waals surface area contributed by atoms with Gasteiger partial charge in [0.05, 0.1) is 0 Å². The summed E-state index contributed by atoms with van der Waals surface area (Å²) >= 11 is 0. The number of carboxylic acid groups (broad SMARTS) is 1. The predicted octanol–water partition coefficient (Wildman–Crippen LogP) is 5.80. The zero-order valence-electron chi connectivity index (χ0n) is 19.4. The van der Waals surface area contributed by atoms with E-state index in [0.717, 1.165) is 42.4 Å². The van der Waals surface area contributed by atoms with Gasteiger partial charge in [0.1, 0.15) is 0 Å². The molecule has 0 heterocycles. The van der Waals surface area contributed by atoms with E-state index in [1.165, 1.54) is 51.4 Å². The quantitative estimate of drug-likeness (QED) is 0.574. The summed E-state index contributed by atoms with van der Waals surface area (Å²) in [6.45, 7) is 7.62. The highest BCUT2D eigenvalue weighted by atomic mass is 16.4. The Labute approximate surface area is 183 Å². The van der Waals surface area contributed by atoms with Crippen molar-refractivity contribution in [1.82, 2.24) is 5.32 Å². The molecule has 0 radical (unpaired) electrons. The Bertz CT molecular complexity index is 663. The summed E-state index contributed by atoms with van der Waals surface area (Å²) in [7, 11) is 0. The fourth-order valence-electron chi connectivity index (χ4n) is 8.87. The van der Waals surface area contributed by atoms with Crippen LogP contribution in [0.4, 0.5) is 0 Å². The Balaban J connectivity index is 1.37. The highest BCUT2D eigenvalue weighted by Gasteiger charge is 2.59. The van der Waals surface area contributed by atoms with Crippen LogP contribution in [-0.2, 0) is 9.59 Å². The lowest BCUT2D eigenvalue weighted by atomic mass is 9.44. The average Bonchev–Trinajstić information content (AvgIpc) is 3.04. The highest BCUT2D eigenvalue weighted by molar-refractivity contribution is 5.77. The van der Waals surface area contributed by atoms with Gasteiger partial charge in [-0.1, -0.05) is 27.2 Å². The zero-order valence-corrected chi connectivity index (χ0v) is 19.4. The largest absolute Gasteiger partial charge is 0.481 e. The maximum absolute atomic E-state index is 12.3. The lowest BCUT2D eigenvalue weighted by molar-refractivity contribution is -0.137. The molecule has 0 spiro atoms. The van der Waals surface area contributed by atoms with Crippen molar-refractivity contribution in [2.24, 2.45) is 40.4 Å². The molecule has 4 saturated carbocycles. The van der Waals surface area contributed by atoms with Crippen molar-refractivity contribution in [3.8, 4) is 0 Å². The molecule has 8 atom stereocenters. The Morgan fingerprint density at radius 3 is 2.40 bits per heavy atom. The van der Waals surface area contributed by atoms with E-state index in [2.05, 4.69) is 26.1 Å². The van der Waals surface area contributed by atoms with Crippen molar-refractivity contribution in [3.63, 3.8) is 0 Å². The molecule has 0 bridgehead atoms. The molecule has 170 valence electrons. The summed E-state index contributed by atoms with van der Waals surface area (Å²) < 4.78 is 0. The average molecular weight is 418 g/mol. The molecule has 1 amide bonds. The molecular formula is C26H43NO3. The van der Waals surface area contributed by atoms with Crippen LogP contribution in [0.2, 0.25) is 0 Å². The first kappa shape index (κ1) is 22.1. The molecule has 4 rings (SSSR count). The summed E-state index contributed by atoms with van der Waals surface area (Å²) in [6.07, 6.45) is 14.2. The molecule has 0 aliphatic heterocycles. The number of carboxylic acids is 1. The van der Waals surface area contributed by atoms with Crippen LogP contribution in [0.15, 0.2) is 0 Å². The van der Waals surface area contributed by atoms with E-state index in [1.807, 2.05) is 0 Å². The highest BCUT2D eigenvalue weighted by Crippen LogP contribution is 2.67. The van der Waals surface area contributed by atoms with Gasteiger partial charge in [-0.25, -0.2) is 0 Å². The SMILES string of the molecule is CC[C@H]1CCC2C3CC[C@@H]4C[C@@H](NC(=O)CCCC(=O)O)CC[C@]4(C)C3CC[C@@]21C. The van der Waals surface area contributed by atoms with Gasteiger partial charge in [-0.2, -0.15) is 0 Å². The molecule has 2 N–H and O–H groups in total. The summed E-state index contributed by atoms with van der Waals surface area (Å²) in [5.74, 6) is 3.68. The maximum atomic E-state index is 12.3. The second kappa shape index (κ2) is 8.47. The van der Waals surface area contributed by atoms with E-state index in [0.29, 0.717) is 29.7 Å². The number of hydrogen-bond donors (Lipinski definition) is 2. The molecule has 4 aliphatic rings. The Morgan fingerprint density at radius 2 is 1.67 bits per heavy atom. The van der Waals surface area contributed by atoms with E-state index >= 15 is 0 Å². The number of amides is 1. The number of carbonyl (C=O) groups is 2. The van der Waals surface area contributed by atoms with E-state index in [4.69, 9.17) is 5.11 Å². The number of hydrogen-bond acceptors (Lipinski definition) is 2. The van der Waals surface area contributed by atoms with Crippen molar-refractivity contribution in [2.45, 2.75) is 110 Å². The molecule has 4 nitrogen and oxygen atoms in total. The van der Waals surface area contributed by atoms with Crippen molar-refractivity contribution in [3.05, 3.63) is 0 Å². The lowest BCUT2D eigenvalue weighted by Gasteiger charge is -2.61.